The van der Waals surface area contributed by atoms with Gasteiger partial charge in [0.2, 0.25) is 5.91 Å². The minimum absolute atomic E-state index is 0.0120. The summed E-state index contributed by atoms with van der Waals surface area (Å²) in [6.07, 6.45) is 2.55. The number of aryl methyl sites for hydroxylation is 1. The molecule has 144 valence electrons. The monoisotopic (exact) mass is 371 g/mol. The predicted molar refractivity (Wildman–Crippen MR) is 103 cm³/mol. The van der Waals surface area contributed by atoms with Gasteiger partial charge in [0.05, 0.1) is 25.7 Å². The molecule has 1 saturated carbocycles. The van der Waals surface area contributed by atoms with Gasteiger partial charge in [-0.15, -0.1) is 0 Å². The SMILES string of the molecule is COc1cc(C)c(C(C)NC(=O)C2(c3ccc(F)cc3)CCC2)cc1OC. The van der Waals surface area contributed by atoms with E-state index in [0.717, 1.165) is 36.0 Å². The second-order valence-corrected chi connectivity index (χ2v) is 7.20. The average Bonchev–Trinajstić information content (AvgIpc) is 2.61. The number of ether oxygens (including phenoxy) is 2. The standard InChI is InChI=1S/C22H26FNO3/c1-14-12-19(26-3)20(27-4)13-18(14)15(2)24-21(25)22(10-5-11-22)16-6-8-17(23)9-7-16/h6-9,12-13,15H,5,10-11H2,1-4H3,(H,24,25). The van der Waals surface area contributed by atoms with Crippen molar-refractivity contribution in [2.75, 3.05) is 14.2 Å². The number of hydrogen-bond donors (Lipinski definition) is 1. The molecule has 0 aliphatic heterocycles. The molecular formula is C22H26FNO3. The molecule has 27 heavy (non-hydrogen) atoms. The summed E-state index contributed by atoms with van der Waals surface area (Å²) in [5, 5.41) is 3.15. The molecule has 3 rings (SSSR count). The number of carbonyl (C=O) groups excluding carboxylic acids is 1. The Morgan fingerprint density at radius 1 is 1.11 bits per heavy atom. The van der Waals surface area contributed by atoms with Crippen LogP contribution in [0.25, 0.3) is 0 Å². The minimum Gasteiger partial charge on any atom is -0.493 e. The number of benzene rings is 2. The lowest BCUT2D eigenvalue weighted by atomic mass is 9.63. The van der Waals surface area contributed by atoms with E-state index in [1.54, 1.807) is 26.4 Å². The van der Waals surface area contributed by atoms with Crippen molar-refractivity contribution < 1.29 is 18.7 Å². The van der Waals surface area contributed by atoms with Gasteiger partial charge in [-0.3, -0.25) is 4.79 Å². The first kappa shape index (κ1) is 19.2. The van der Waals surface area contributed by atoms with Crippen LogP contribution < -0.4 is 14.8 Å². The molecular weight excluding hydrogens is 345 g/mol. The Hall–Kier alpha value is -2.56. The van der Waals surface area contributed by atoms with E-state index < -0.39 is 5.41 Å². The van der Waals surface area contributed by atoms with Crippen LogP contribution in [0.4, 0.5) is 4.39 Å². The highest BCUT2D eigenvalue weighted by atomic mass is 19.1. The minimum atomic E-state index is -0.563. The summed E-state index contributed by atoms with van der Waals surface area (Å²) in [6.45, 7) is 3.95. The van der Waals surface area contributed by atoms with Crippen LogP contribution in [0.5, 0.6) is 11.5 Å². The molecule has 2 aromatic rings. The molecule has 1 aliphatic carbocycles. The quantitative estimate of drug-likeness (QED) is 0.816. The Morgan fingerprint density at radius 2 is 1.70 bits per heavy atom. The molecule has 1 N–H and O–H groups in total. The third-order valence-corrected chi connectivity index (χ3v) is 5.62. The summed E-state index contributed by atoms with van der Waals surface area (Å²) in [5.74, 6) is 1.00. The number of nitrogens with one attached hydrogen (secondary N) is 1. The number of rotatable bonds is 6. The molecule has 0 bridgehead atoms. The number of methoxy groups -OCH3 is 2. The van der Waals surface area contributed by atoms with Crippen LogP contribution in [0.15, 0.2) is 36.4 Å². The Morgan fingerprint density at radius 3 is 2.22 bits per heavy atom. The number of halogens is 1. The number of amides is 1. The molecule has 0 saturated heterocycles. The van der Waals surface area contributed by atoms with E-state index in [4.69, 9.17) is 9.47 Å². The molecule has 4 nitrogen and oxygen atoms in total. The average molecular weight is 371 g/mol. The molecule has 1 fully saturated rings. The van der Waals surface area contributed by atoms with Crippen molar-refractivity contribution in [3.63, 3.8) is 0 Å². The van der Waals surface area contributed by atoms with E-state index >= 15 is 0 Å². The Bertz CT molecular complexity index is 828. The Labute approximate surface area is 159 Å². The topological polar surface area (TPSA) is 47.6 Å². The van der Waals surface area contributed by atoms with Crippen LogP contribution in [0.2, 0.25) is 0 Å². The molecule has 0 radical (unpaired) electrons. The number of carbonyl (C=O) groups is 1. The first-order valence-electron chi connectivity index (χ1n) is 9.21. The van der Waals surface area contributed by atoms with Gasteiger partial charge in [-0.25, -0.2) is 4.39 Å². The normalized spacial score (nSPS) is 16.2. The summed E-state index contributed by atoms with van der Waals surface area (Å²) in [6, 6.07) is 9.92. The zero-order valence-corrected chi connectivity index (χ0v) is 16.3. The fraction of sp³-hybridized carbons (Fsp3) is 0.409. The predicted octanol–water partition coefficient (Wildman–Crippen LogP) is 4.45. The third-order valence-electron chi connectivity index (χ3n) is 5.62. The van der Waals surface area contributed by atoms with Gasteiger partial charge in [-0.05, 0) is 67.6 Å². The molecule has 1 atom stereocenters. The Kier molecular flexibility index (Phi) is 5.40. The summed E-state index contributed by atoms with van der Waals surface area (Å²) < 4.78 is 24.0. The van der Waals surface area contributed by atoms with Crippen molar-refractivity contribution in [1.29, 1.82) is 0 Å². The summed E-state index contributed by atoms with van der Waals surface area (Å²) >= 11 is 0. The van der Waals surface area contributed by atoms with Crippen LogP contribution in [-0.2, 0) is 10.2 Å². The number of hydrogen-bond acceptors (Lipinski definition) is 3. The lowest BCUT2D eigenvalue weighted by Crippen LogP contribution is -2.49. The summed E-state index contributed by atoms with van der Waals surface area (Å²) in [7, 11) is 3.20. The first-order valence-corrected chi connectivity index (χ1v) is 9.21. The van der Waals surface area contributed by atoms with Crippen LogP contribution in [-0.4, -0.2) is 20.1 Å². The maximum Gasteiger partial charge on any atom is 0.231 e. The van der Waals surface area contributed by atoms with E-state index in [9.17, 15) is 9.18 Å². The smallest absolute Gasteiger partial charge is 0.231 e. The molecule has 5 heteroatoms. The van der Waals surface area contributed by atoms with E-state index in [2.05, 4.69) is 5.32 Å². The highest BCUT2D eigenvalue weighted by Gasteiger charge is 2.46. The third kappa shape index (κ3) is 3.51. The van der Waals surface area contributed by atoms with Crippen molar-refractivity contribution in [3.05, 3.63) is 58.9 Å². The van der Waals surface area contributed by atoms with Crippen molar-refractivity contribution in [3.8, 4) is 11.5 Å². The second kappa shape index (κ2) is 7.59. The van der Waals surface area contributed by atoms with Gasteiger partial charge in [0, 0.05) is 0 Å². The van der Waals surface area contributed by atoms with Crippen LogP contribution in [0, 0.1) is 12.7 Å². The maximum absolute atomic E-state index is 13.3. The molecule has 0 aromatic heterocycles. The highest BCUT2D eigenvalue weighted by molar-refractivity contribution is 5.89. The molecule has 1 amide bonds. The Balaban J connectivity index is 1.84. The van der Waals surface area contributed by atoms with Gasteiger partial charge >= 0.3 is 0 Å². The van der Waals surface area contributed by atoms with Crippen molar-refractivity contribution >= 4 is 5.91 Å². The highest BCUT2D eigenvalue weighted by Crippen LogP contribution is 2.44. The van der Waals surface area contributed by atoms with Crippen molar-refractivity contribution in [1.82, 2.24) is 5.32 Å². The lowest BCUT2D eigenvalue weighted by Gasteiger charge is -2.41. The van der Waals surface area contributed by atoms with Crippen LogP contribution in [0.3, 0.4) is 0 Å². The zero-order valence-electron chi connectivity index (χ0n) is 16.3. The van der Waals surface area contributed by atoms with E-state index in [-0.39, 0.29) is 17.8 Å². The summed E-state index contributed by atoms with van der Waals surface area (Å²) in [5.41, 5.74) is 2.32. The van der Waals surface area contributed by atoms with Gasteiger partial charge in [0.25, 0.3) is 0 Å². The van der Waals surface area contributed by atoms with Gasteiger partial charge in [0.15, 0.2) is 11.5 Å². The van der Waals surface area contributed by atoms with E-state index in [1.165, 1.54) is 12.1 Å². The van der Waals surface area contributed by atoms with Gasteiger partial charge in [-0.2, -0.15) is 0 Å². The second-order valence-electron chi connectivity index (χ2n) is 7.20. The first-order chi connectivity index (χ1) is 12.9. The molecule has 1 aliphatic rings. The fourth-order valence-corrected chi connectivity index (χ4v) is 3.82. The van der Waals surface area contributed by atoms with E-state index in [1.807, 2.05) is 26.0 Å². The van der Waals surface area contributed by atoms with Gasteiger partial charge < -0.3 is 14.8 Å². The summed E-state index contributed by atoms with van der Waals surface area (Å²) in [4.78, 5) is 13.1. The molecule has 0 heterocycles. The van der Waals surface area contributed by atoms with Crippen molar-refractivity contribution in [2.45, 2.75) is 44.6 Å². The molecule has 0 spiro atoms. The maximum atomic E-state index is 13.3. The van der Waals surface area contributed by atoms with Crippen LogP contribution in [0.1, 0.15) is 48.9 Å². The van der Waals surface area contributed by atoms with E-state index in [0.29, 0.717) is 11.5 Å². The van der Waals surface area contributed by atoms with Crippen molar-refractivity contribution in [2.24, 2.45) is 0 Å². The zero-order chi connectivity index (χ0) is 19.6. The van der Waals surface area contributed by atoms with Gasteiger partial charge in [-0.1, -0.05) is 18.6 Å². The molecule has 2 aromatic carbocycles. The van der Waals surface area contributed by atoms with Gasteiger partial charge in [0.1, 0.15) is 5.82 Å². The largest absolute Gasteiger partial charge is 0.493 e. The lowest BCUT2D eigenvalue weighted by molar-refractivity contribution is -0.130. The fourth-order valence-electron chi connectivity index (χ4n) is 3.82. The van der Waals surface area contributed by atoms with Crippen LogP contribution >= 0.6 is 0 Å². The molecule has 1 unspecified atom stereocenters.